The van der Waals surface area contributed by atoms with Gasteiger partial charge in [0.2, 0.25) is 0 Å². The molecule has 64 heavy (non-hydrogen) atoms. The lowest BCUT2D eigenvalue weighted by Crippen LogP contribution is -2.49. The maximum absolute atomic E-state index is 15.1. The Balaban J connectivity index is 1.23. The van der Waals surface area contributed by atoms with Crippen molar-refractivity contribution in [2.45, 2.75) is 94.4 Å². The van der Waals surface area contributed by atoms with Gasteiger partial charge in [0, 0.05) is 11.8 Å². The van der Waals surface area contributed by atoms with E-state index in [1.54, 1.807) is 30.3 Å². The number of aromatic amines is 1. The van der Waals surface area contributed by atoms with E-state index in [4.69, 9.17) is 32.0 Å². The summed E-state index contributed by atoms with van der Waals surface area (Å²) >= 11 is 0. The first-order chi connectivity index (χ1) is 30.4. The maximum atomic E-state index is 15.1. The number of aliphatic hydroxyl groups excluding tert-OH is 2. The molecule has 2 aliphatic rings. The number of fused-ring (bicyclic) bond motifs is 2. The number of phosphoric acid groups is 1. The maximum Gasteiger partial charge on any atom is 0.475 e. The first kappa shape index (κ1) is 47.3. The van der Waals surface area contributed by atoms with Crippen molar-refractivity contribution in [1.82, 2.24) is 34.1 Å². The highest BCUT2D eigenvalue weighted by Crippen LogP contribution is 2.55. The smallest absolute Gasteiger partial charge is 0.407 e. The number of rotatable bonds is 17. The molecule has 6 heterocycles. The predicted molar refractivity (Wildman–Crippen MR) is 224 cm³/mol. The van der Waals surface area contributed by atoms with Gasteiger partial charge in [-0.05, 0) is 30.3 Å². The van der Waals surface area contributed by atoms with Crippen LogP contribution in [0.5, 0.6) is 0 Å². The van der Waals surface area contributed by atoms with Crippen LogP contribution in [0.1, 0.15) is 50.0 Å². The second kappa shape index (κ2) is 19.1. The van der Waals surface area contributed by atoms with Crippen LogP contribution in [-0.4, -0.2) is 120 Å². The number of hydrogen-bond donors (Lipinski definition) is 5. The summed E-state index contributed by atoms with van der Waals surface area (Å²) in [4.78, 5) is 55.2. The number of aromatic nitrogens is 7. The molecule has 0 saturated carbocycles. The molecule has 27 heteroatoms. The van der Waals surface area contributed by atoms with E-state index in [1.165, 1.54) is 17.2 Å². The third kappa shape index (κ3) is 9.66. The second-order valence-electron chi connectivity index (χ2n) is 16.2. The number of phosphoric ester groups is 1. The number of nitrogens with one attached hydrogen (secondary N) is 2. The van der Waals surface area contributed by atoms with E-state index in [2.05, 4.69) is 30.2 Å². The van der Waals surface area contributed by atoms with Gasteiger partial charge in [0.15, 0.2) is 49.2 Å². The zero-order valence-corrected chi connectivity index (χ0v) is 37.8. The van der Waals surface area contributed by atoms with Gasteiger partial charge in [-0.2, -0.15) is 5.26 Å². The van der Waals surface area contributed by atoms with Crippen LogP contribution in [0.25, 0.3) is 22.2 Å². The Labute approximate surface area is 365 Å². The fraction of sp³-hybridized carbons (Fsp3) is 0.486. The molecule has 5 aromatic rings. The average Bonchev–Trinajstić information content (AvgIpc) is 4.00. The van der Waals surface area contributed by atoms with E-state index >= 15 is 4.39 Å². The average molecular weight is 950 g/mol. The van der Waals surface area contributed by atoms with E-state index in [0.717, 1.165) is 17.1 Å². The molecule has 0 spiro atoms. The molecule has 2 aliphatic heterocycles. The Morgan fingerprint density at radius 2 is 1.78 bits per heavy atom. The van der Waals surface area contributed by atoms with Gasteiger partial charge in [0.05, 0.1) is 45.0 Å². The van der Waals surface area contributed by atoms with Crippen LogP contribution in [-0.2, 0) is 41.1 Å². The normalized spacial score (nSPS) is 25.4. The van der Waals surface area contributed by atoms with Crippen LogP contribution in [0.3, 0.4) is 0 Å². The van der Waals surface area contributed by atoms with E-state index in [1.807, 2.05) is 39.9 Å². The third-order valence-corrected chi connectivity index (χ3v) is 17.5. The number of benzene rings is 1. The first-order valence-electron chi connectivity index (χ1n) is 19.8. The molecule has 4 aromatic heterocycles. The molecular weight excluding hydrogens is 903 g/mol. The second-order valence-corrected chi connectivity index (χ2v) is 23.4. The topological polar surface area (TPSA) is 307 Å². The molecule has 10 atom stereocenters. The van der Waals surface area contributed by atoms with Gasteiger partial charge in [-0.25, -0.2) is 28.9 Å². The number of nitriles is 1. The van der Waals surface area contributed by atoms with Crippen LogP contribution in [0.4, 0.5) is 10.2 Å². The summed E-state index contributed by atoms with van der Waals surface area (Å²) in [5.74, 6) is -1.42. The summed E-state index contributed by atoms with van der Waals surface area (Å²) in [6.45, 7) is 7.69. The lowest BCUT2D eigenvalue weighted by atomic mass is 10.1. The largest absolute Gasteiger partial charge is 0.475 e. The zero-order chi connectivity index (χ0) is 46.1. The highest BCUT2D eigenvalue weighted by atomic mass is 31.2. The quantitative estimate of drug-likeness (QED) is 0.0504. The molecule has 23 nitrogen and oxygen atoms in total. The van der Waals surface area contributed by atoms with Gasteiger partial charge in [0.25, 0.3) is 11.5 Å². The number of nitrogens with zero attached hydrogens (tertiary/aromatic N) is 7. The van der Waals surface area contributed by atoms with Crippen LogP contribution >= 0.6 is 16.1 Å². The molecule has 0 radical (unpaired) electrons. The fourth-order valence-corrected chi connectivity index (χ4v) is 10.1. The Morgan fingerprint density at radius 1 is 1.06 bits per heavy atom. The first-order valence-corrected chi connectivity index (χ1v) is 25.4. The summed E-state index contributed by atoms with van der Waals surface area (Å²) in [5.41, 5.74) is -0.407. The van der Waals surface area contributed by atoms with Crippen molar-refractivity contribution in [3.63, 3.8) is 0 Å². The monoisotopic (exact) mass is 949 g/mol. The van der Waals surface area contributed by atoms with Crippen molar-refractivity contribution in [3.05, 3.63) is 77.2 Å². The zero-order valence-electron chi connectivity index (χ0n) is 34.9. The number of H-pyrrole nitrogens is 1. The Hall–Kier alpha value is -4.64. The van der Waals surface area contributed by atoms with E-state index < -0.39 is 121 Å². The van der Waals surface area contributed by atoms with Crippen molar-refractivity contribution < 1.29 is 65.4 Å². The Kier molecular flexibility index (Phi) is 14.1. The third-order valence-electron chi connectivity index (χ3n) is 11.1. The van der Waals surface area contributed by atoms with E-state index in [-0.39, 0.29) is 29.0 Å². The minimum Gasteiger partial charge on any atom is -0.407 e. The molecule has 1 aromatic carbocycles. The summed E-state index contributed by atoms with van der Waals surface area (Å²) in [5, 5.41) is 32.5. The number of carbonyl (C=O) groups is 1. The van der Waals surface area contributed by atoms with Crippen LogP contribution in [0.15, 0.2) is 60.3 Å². The number of hydrogen-bond acceptors (Lipinski definition) is 18. The van der Waals surface area contributed by atoms with Crippen LogP contribution < -0.4 is 10.9 Å². The van der Waals surface area contributed by atoms with Crippen LogP contribution in [0.2, 0.25) is 18.1 Å². The minimum atomic E-state index is -5.01. The molecule has 0 bridgehead atoms. The summed E-state index contributed by atoms with van der Waals surface area (Å²) in [7, 11) is -11.6. The molecule has 7 rings (SSSR count). The van der Waals surface area contributed by atoms with Gasteiger partial charge in [-0.3, -0.25) is 32.3 Å². The van der Waals surface area contributed by atoms with Crippen molar-refractivity contribution in [2.75, 3.05) is 25.1 Å². The SMILES string of the molecule is CC(C)(C)[Si](C)(C)OC1[C@H](O[PH](=O)O)C(COP(=O)(OCCC#N)O[C@@H]2[C@H](O)C(CO)O[C@H]2n2cc(F)c3c(=O)[nH]cnc32)O[C@H]1n1cnc2c(NC(=O)c3ccccc3)ncnc21. The van der Waals surface area contributed by atoms with Crippen molar-refractivity contribution in [1.29, 1.82) is 5.26 Å². The lowest BCUT2D eigenvalue weighted by Gasteiger charge is -2.40. The van der Waals surface area contributed by atoms with Crippen molar-refractivity contribution >= 4 is 58.3 Å². The highest BCUT2D eigenvalue weighted by molar-refractivity contribution is 7.48. The number of aliphatic hydroxyl groups is 2. The van der Waals surface area contributed by atoms with Gasteiger partial charge in [-0.15, -0.1) is 0 Å². The molecule has 344 valence electrons. The fourth-order valence-electron chi connectivity index (χ4n) is 6.93. The number of halogens is 1. The van der Waals surface area contributed by atoms with E-state index in [9.17, 15) is 39.1 Å². The van der Waals surface area contributed by atoms with Gasteiger partial charge < -0.3 is 48.4 Å². The number of ether oxygens (including phenoxy) is 2. The highest BCUT2D eigenvalue weighted by Gasteiger charge is 2.55. The van der Waals surface area contributed by atoms with Gasteiger partial charge >= 0.3 is 16.1 Å². The summed E-state index contributed by atoms with van der Waals surface area (Å²) in [6, 6.07) is 10.2. The molecule has 1 amide bonds. The van der Waals surface area contributed by atoms with Gasteiger partial charge in [-0.1, -0.05) is 39.0 Å². The number of imidazole rings is 1. The van der Waals surface area contributed by atoms with Crippen molar-refractivity contribution in [3.8, 4) is 6.07 Å². The number of carbonyl (C=O) groups excluding carboxylic acids is 1. The molecule has 2 fully saturated rings. The Bertz CT molecular complexity index is 2660. The van der Waals surface area contributed by atoms with E-state index in [0.29, 0.717) is 5.56 Å². The number of amides is 1. The molecule has 2 saturated heterocycles. The standard InChI is InChI=1S/C37H46FN9O14P2Si/c1-37(2,3)64(4,5)61-29-27(59-62(52)53)23(58-36(29)47-19-44-25-30(40-17-42-32(25)47)45-33(50)20-10-7-6-8-11-20)16-56-63(54,55-13-9-12-39)60-28-26(49)22(15-48)57-35(28)46-14-21(38)24-31(46)41-18-43-34(24)51/h6-8,10-11,14,17-19,22-23,26-29,35-36,48-49,62H,9,13,15-16H2,1-5H3,(H,52,53)(H,41,43,51)(H,40,42,45,50)/t22?,23?,26-,27-,28-,29?,35-,36-,63?/m1/s1. The van der Waals surface area contributed by atoms with Crippen molar-refractivity contribution in [2.24, 2.45) is 0 Å². The van der Waals surface area contributed by atoms with Gasteiger partial charge in [0.1, 0.15) is 48.3 Å². The summed E-state index contributed by atoms with van der Waals surface area (Å²) < 4.78 is 86.8. The number of anilines is 1. The van der Waals surface area contributed by atoms with Crippen LogP contribution in [0, 0.1) is 17.1 Å². The molecule has 5 N–H and O–H groups in total. The molecular formula is C37H46FN9O14P2Si. The minimum absolute atomic E-state index is 0.0659. The molecule has 5 unspecified atom stereocenters. The molecule has 0 aliphatic carbocycles. The predicted octanol–water partition coefficient (Wildman–Crippen LogP) is 3.70. The lowest BCUT2D eigenvalue weighted by molar-refractivity contribution is -0.0628. The Morgan fingerprint density at radius 3 is 2.47 bits per heavy atom. The summed E-state index contributed by atoms with van der Waals surface area (Å²) in [6.07, 6.45) is -7.68.